The molecule has 0 aliphatic heterocycles. The number of aromatic carboxylic acids is 1. The summed E-state index contributed by atoms with van der Waals surface area (Å²) in [4.78, 5) is 20.1. The van der Waals surface area contributed by atoms with Gasteiger partial charge in [-0.25, -0.2) is 9.78 Å². The molecular formula is C18H18N4O2. The van der Waals surface area contributed by atoms with Gasteiger partial charge in [0.2, 0.25) is 5.95 Å². The number of nitrogens with two attached hydrogens (primary N) is 1. The molecule has 0 bridgehead atoms. The van der Waals surface area contributed by atoms with Crippen LogP contribution in [-0.2, 0) is 6.42 Å². The van der Waals surface area contributed by atoms with E-state index in [2.05, 4.69) is 15.3 Å². The lowest BCUT2D eigenvalue weighted by Crippen LogP contribution is -2.03. The van der Waals surface area contributed by atoms with Gasteiger partial charge < -0.3 is 16.2 Å². The van der Waals surface area contributed by atoms with Gasteiger partial charge in [-0.05, 0) is 41.3 Å². The van der Waals surface area contributed by atoms with Gasteiger partial charge in [0.05, 0.1) is 11.1 Å². The summed E-state index contributed by atoms with van der Waals surface area (Å²) in [5, 5.41) is 13.4. The summed E-state index contributed by atoms with van der Waals surface area (Å²) in [7, 11) is 1.77. The van der Waals surface area contributed by atoms with Crippen molar-refractivity contribution in [3.63, 3.8) is 0 Å². The van der Waals surface area contributed by atoms with Crippen molar-refractivity contribution in [3.05, 3.63) is 47.5 Å². The molecule has 0 saturated heterocycles. The molecule has 24 heavy (non-hydrogen) atoms. The van der Waals surface area contributed by atoms with Gasteiger partial charge in [-0.1, -0.05) is 25.1 Å². The number of aromatic nitrogens is 2. The number of fused-ring (bicyclic) bond motifs is 1. The molecule has 2 aromatic carbocycles. The first-order valence-electron chi connectivity index (χ1n) is 7.65. The molecule has 0 radical (unpaired) electrons. The van der Waals surface area contributed by atoms with Crippen molar-refractivity contribution < 1.29 is 9.90 Å². The monoisotopic (exact) mass is 322 g/mol. The van der Waals surface area contributed by atoms with Crippen LogP contribution in [0.2, 0.25) is 0 Å². The Balaban J connectivity index is 2.30. The average Bonchev–Trinajstić information content (AvgIpc) is 2.59. The smallest absolute Gasteiger partial charge is 0.336 e. The Morgan fingerprint density at radius 3 is 2.71 bits per heavy atom. The Morgan fingerprint density at radius 1 is 1.25 bits per heavy atom. The summed E-state index contributed by atoms with van der Waals surface area (Å²) in [6.45, 7) is 2.00. The van der Waals surface area contributed by atoms with E-state index in [1.165, 1.54) is 0 Å². The van der Waals surface area contributed by atoms with Gasteiger partial charge in [0.15, 0.2) is 0 Å². The second-order valence-electron chi connectivity index (χ2n) is 5.41. The van der Waals surface area contributed by atoms with Gasteiger partial charge in [0.25, 0.3) is 0 Å². The minimum absolute atomic E-state index is 0.172. The molecule has 3 aromatic rings. The number of carboxylic acid groups (broad SMARTS) is 1. The molecule has 0 fully saturated rings. The van der Waals surface area contributed by atoms with Gasteiger partial charge in [-0.3, -0.25) is 0 Å². The number of carbonyl (C=O) groups is 1. The minimum Gasteiger partial charge on any atom is -0.478 e. The van der Waals surface area contributed by atoms with Crippen molar-refractivity contribution >= 4 is 28.6 Å². The fourth-order valence-corrected chi connectivity index (χ4v) is 2.91. The normalized spacial score (nSPS) is 10.8. The first-order chi connectivity index (χ1) is 11.5. The maximum absolute atomic E-state index is 11.6. The lowest BCUT2D eigenvalue weighted by Gasteiger charge is -2.13. The third-order valence-electron chi connectivity index (χ3n) is 4.00. The average molecular weight is 322 g/mol. The third kappa shape index (κ3) is 2.62. The topological polar surface area (TPSA) is 101 Å². The van der Waals surface area contributed by atoms with Crippen molar-refractivity contribution in [1.29, 1.82) is 0 Å². The zero-order valence-corrected chi connectivity index (χ0v) is 13.5. The van der Waals surface area contributed by atoms with Gasteiger partial charge in [0, 0.05) is 12.4 Å². The third-order valence-corrected chi connectivity index (χ3v) is 4.00. The maximum atomic E-state index is 11.6. The summed E-state index contributed by atoms with van der Waals surface area (Å²) < 4.78 is 0. The molecule has 1 heterocycles. The second-order valence-corrected chi connectivity index (χ2v) is 5.41. The predicted molar refractivity (Wildman–Crippen MR) is 95.3 cm³/mol. The van der Waals surface area contributed by atoms with E-state index in [0.717, 1.165) is 28.5 Å². The van der Waals surface area contributed by atoms with Crippen LogP contribution in [-0.4, -0.2) is 28.1 Å². The largest absolute Gasteiger partial charge is 0.478 e. The van der Waals surface area contributed by atoms with Crippen LogP contribution in [0.15, 0.2) is 36.4 Å². The molecule has 0 aliphatic carbocycles. The van der Waals surface area contributed by atoms with Crippen LogP contribution < -0.4 is 11.1 Å². The first kappa shape index (κ1) is 15.7. The molecule has 6 heteroatoms. The lowest BCUT2D eigenvalue weighted by atomic mass is 9.92. The van der Waals surface area contributed by atoms with Crippen LogP contribution in [0.1, 0.15) is 22.8 Å². The van der Waals surface area contributed by atoms with E-state index < -0.39 is 5.97 Å². The van der Waals surface area contributed by atoms with Crippen LogP contribution in [0.25, 0.3) is 22.0 Å². The lowest BCUT2D eigenvalue weighted by molar-refractivity contribution is 0.0697. The number of hydrogen-bond donors (Lipinski definition) is 3. The summed E-state index contributed by atoms with van der Waals surface area (Å²) in [6.07, 6.45) is 0.738. The van der Waals surface area contributed by atoms with Crippen LogP contribution in [0.5, 0.6) is 0 Å². The van der Waals surface area contributed by atoms with E-state index >= 15 is 0 Å². The summed E-state index contributed by atoms with van der Waals surface area (Å²) in [6, 6.07) is 11.0. The van der Waals surface area contributed by atoms with Crippen LogP contribution in [0.3, 0.4) is 0 Å². The SMILES string of the molecule is CCc1cccc(C(=O)O)c1-c1ccc2c(NC)nc(N)nc2c1. The highest BCUT2D eigenvalue weighted by molar-refractivity contribution is 5.99. The van der Waals surface area contributed by atoms with Crippen LogP contribution in [0, 0.1) is 0 Å². The Morgan fingerprint density at radius 2 is 2.04 bits per heavy atom. The quantitative estimate of drug-likeness (QED) is 0.682. The molecule has 0 spiro atoms. The van der Waals surface area contributed by atoms with E-state index in [1.807, 2.05) is 31.2 Å². The molecule has 4 N–H and O–H groups in total. The van der Waals surface area contributed by atoms with Gasteiger partial charge in [0.1, 0.15) is 5.82 Å². The number of hydrogen-bond acceptors (Lipinski definition) is 5. The standard InChI is InChI=1S/C18H18N4O2/c1-3-10-5-4-6-13(17(23)24)15(10)11-7-8-12-14(9-11)21-18(19)22-16(12)20-2/h4-9H,3H2,1-2H3,(H,23,24)(H3,19,20,21,22). The molecule has 6 nitrogen and oxygen atoms in total. The van der Waals surface area contributed by atoms with Crippen molar-refractivity contribution in [3.8, 4) is 11.1 Å². The van der Waals surface area contributed by atoms with E-state index in [0.29, 0.717) is 11.3 Å². The molecule has 0 amide bonds. The van der Waals surface area contributed by atoms with E-state index in [1.54, 1.807) is 19.2 Å². The molecule has 0 unspecified atom stereocenters. The van der Waals surface area contributed by atoms with Crippen molar-refractivity contribution in [1.82, 2.24) is 9.97 Å². The highest BCUT2D eigenvalue weighted by Gasteiger charge is 2.16. The fourth-order valence-electron chi connectivity index (χ4n) is 2.91. The number of rotatable bonds is 4. The highest BCUT2D eigenvalue weighted by Crippen LogP contribution is 2.32. The number of anilines is 2. The van der Waals surface area contributed by atoms with E-state index in [4.69, 9.17) is 5.73 Å². The van der Waals surface area contributed by atoms with Crippen LogP contribution >= 0.6 is 0 Å². The van der Waals surface area contributed by atoms with Crippen molar-refractivity contribution in [2.24, 2.45) is 0 Å². The molecular weight excluding hydrogens is 304 g/mol. The molecule has 122 valence electrons. The second kappa shape index (κ2) is 6.16. The Kier molecular flexibility index (Phi) is 4.04. The molecule has 0 atom stereocenters. The van der Waals surface area contributed by atoms with Crippen LogP contribution in [0.4, 0.5) is 11.8 Å². The van der Waals surface area contributed by atoms with Gasteiger partial charge in [-0.15, -0.1) is 0 Å². The number of nitrogens with zero attached hydrogens (tertiary/aromatic N) is 2. The minimum atomic E-state index is -0.946. The maximum Gasteiger partial charge on any atom is 0.336 e. The molecule has 0 aliphatic rings. The number of nitrogen functional groups attached to an aromatic ring is 1. The van der Waals surface area contributed by atoms with Gasteiger partial charge >= 0.3 is 5.97 Å². The first-order valence-corrected chi connectivity index (χ1v) is 7.65. The number of aryl methyl sites for hydroxylation is 1. The fraction of sp³-hybridized carbons (Fsp3) is 0.167. The predicted octanol–water partition coefficient (Wildman–Crippen LogP) is 3.18. The number of benzene rings is 2. The number of nitrogens with one attached hydrogen (secondary N) is 1. The Hall–Kier alpha value is -3.15. The zero-order chi connectivity index (χ0) is 17.3. The molecule has 0 saturated carbocycles. The Labute approximate surface area is 139 Å². The van der Waals surface area contributed by atoms with Crippen molar-refractivity contribution in [2.45, 2.75) is 13.3 Å². The summed E-state index contributed by atoms with van der Waals surface area (Å²) in [5.41, 5.74) is 9.22. The Bertz CT molecular complexity index is 938. The molecule has 1 aromatic heterocycles. The summed E-state index contributed by atoms with van der Waals surface area (Å²) in [5.74, 6) is -0.129. The van der Waals surface area contributed by atoms with E-state index in [9.17, 15) is 9.90 Å². The van der Waals surface area contributed by atoms with E-state index in [-0.39, 0.29) is 11.5 Å². The van der Waals surface area contributed by atoms with Crippen molar-refractivity contribution in [2.75, 3.05) is 18.1 Å². The molecule has 3 rings (SSSR count). The number of carboxylic acids is 1. The highest BCUT2D eigenvalue weighted by atomic mass is 16.4. The zero-order valence-electron chi connectivity index (χ0n) is 13.5. The van der Waals surface area contributed by atoms with Gasteiger partial charge in [-0.2, -0.15) is 4.98 Å². The summed E-state index contributed by atoms with van der Waals surface area (Å²) >= 11 is 0.